The highest BCUT2D eigenvalue weighted by atomic mass is 127. The van der Waals surface area contributed by atoms with Crippen molar-refractivity contribution in [3.05, 3.63) is 51.9 Å². The Bertz CT molecular complexity index is 600. The molecule has 1 aromatic carbocycles. The number of carboxylic acid groups (broad SMARTS) is 1. The zero-order chi connectivity index (χ0) is 15.3. The van der Waals surface area contributed by atoms with Gasteiger partial charge in [0.05, 0.1) is 16.3 Å². The number of hydrogen-bond acceptors (Lipinski definition) is 3. The number of aromatic nitrogens is 2. The second-order valence-electron chi connectivity index (χ2n) is 4.86. The van der Waals surface area contributed by atoms with E-state index in [-0.39, 0.29) is 6.54 Å². The fourth-order valence-electron chi connectivity index (χ4n) is 2.24. The topological polar surface area (TPSA) is 67.2 Å². The van der Waals surface area contributed by atoms with Crippen molar-refractivity contribution in [3.8, 4) is 0 Å². The molecule has 2 rings (SSSR count). The Kier molecular flexibility index (Phi) is 5.35. The Balaban J connectivity index is 2.42. The van der Waals surface area contributed by atoms with Gasteiger partial charge in [0.1, 0.15) is 0 Å². The summed E-state index contributed by atoms with van der Waals surface area (Å²) in [6, 6.07) is 9.27. The SMILES string of the molecule is CCCNC(Cn1cc(I)cn1)(C(=O)O)c1ccccc1. The van der Waals surface area contributed by atoms with E-state index in [0.717, 1.165) is 15.6 Å². The molecule has 0 aliphatic carbocycles. The van der Waals surface area contributed by atoms with Crippen molar-refractivity contribution in [2.75, 3.05) is 6.54 Å². The van der Waals surface area contributed by atoms with Crippen LogP contribution in [0.4, 0.5) is 0 Å². The van der Waals surface area contributed by atoms with Crippen molar-refractivity contribution in [2.24, 2.45) is 0 Å². The van der Waals surface area contributed by atoms with Crippen LogP contribution in [0.1, 0.15) is 18.9 Å². The molecule has 5 nitrogen and oxygen atoms in total. The van der Waals surface area contributed by atoms with E-state index < -0.39 is 11.5 Å². The van der Waals surface area contributed by atoms with Crippen molar-refractivity contribution in [1.29, 1.82) is 0 Å². The van der Waals surface area contributed by atoms with Gasteiger partial charge in [-0.25, -0.2) is 4.79 Å². The van der Waals surface area contributed by atoms with Crippen LogP contribution in [-0.2, 0) is 16.9 Å². The van der Waals surface area contributed by atoms with Crippen LogP contribution in [0, 0.1) is 3.57 Å². The molecule has 0 radical (unpaired) electrons. The van der Waals surface area contributed by atoms with Crippen LogP contribution in [0.15, 0.2) is 42.7 Å². The van der Waals surface area contributed by atoms with Gasteiger partial charge in [-0.05, 0) is 41.1 Å². The van der Waals surface area contributed by atoms with Crippen LogP contribution >= 0.6 is 22.6 Å². The fraction of sp³-hybridized carbons (Fsp3) is 0.333. The number of carbonyl (C=O) groups is 1. The van der Waals surface area contributed by atoms with Gasteiger partial charge in [-0.15, -0.1) is 0 Å². The molecular weight excluding hydrogens is 381 g/mol. The standard InChI is InChI=1S/C15H18IN3O2/c1-2-8-17-15(14(20)21,12-6-4-3-5-7-12)11-19-10-13(16)9-18-19/h3-7,9-10,17H,2,8,11H2,1H3,(H,20,21). The van der Waals surface area contributed by atoms with Crippen LogP contribution < -0.4 is 5.32 Å². The molecule has 0 saturated carbocycles. The number of rotatable bonds is 7. The molecule has 112 valence electrons. The third-order valence-corrected chi connectivity index (χ3v) is 3.87. The van der Waals surface area contributed by atoms with Crippen molar-refractivity contribution in [2.45, 2.75) is 25.4 Å². The lowest BCUT2D eigenvalue weighted by molar-refractivity contribution is -0.146. The first kappa shape index (κ1) is 16.0. The summed E-state index contributed by atoms with van der Waals surface area (Å²) >= 11 is 2.16. The molecule has 6 heteroatoms. The van der Waals surface area contributed by atoms with Crippen LogP contribution in [0.3, 0.4) is 0 Å². The van der Waals surface area contributed by atoms with Gasteiger partial charge in [0.2, 0.25) is 0 Å². The van der Waals surface area contributed by atoms with E-state index in [4.69, 9.17) is 0 Å². The van der Waals surface area contributed by atoms with E-state index in [1.807, 2.05) is 43.5 Å². The quantitative estimate of drug-likeness (QED) is 0.703. The molecule has 1 aromatic heterocycles. The highest BCUT2D eigenvalue weighted by Gasteiger charge is 2.40. The molecule has 1 unspecified atom stereocenters. The summed E-state index contributed by atoms with van der Waals surface area (Å²) in [6.07, 6.45) is 4.42. The largest absolute Gasteiger partial charge is 0.480 e. The summed E-state index contributed by atoms with van der Waals surface area (Å²) in [5, 5.41) is 17.3. The minimum Gasteiger partial charge on any atom is -0.480 e. The first-order valence-corrected chi connectivity index (χ1v) is 7.88. The number of aliphatic carboxylic acids is 1. The van der Waals surface area contributed by atoms with Gasteiger partial charge in [0.15, 0.2) is 5.54 Å². The molecule has 2 N–H and O–H groups in total. The summed E-state index contributed by atoms with van der Waals surface area (Å²) in [6.45, 7) is 2.89. The predicted octanol–water partition coefficient (Wildman–Crippen LogP) is 2.47. The summed E-state index contributed by atoms with van der Waals surface area (Å²) in [5.41, 5.74) is -0.441. The van der Waals surface area contributed by atoms with E-state index in [0.29, 0.717) is 6.54 Å². The zero-order valence-corrected chi connectivity index (χ0v) is 13.9. The van der Waals surface area contributed by atoms with E-state index in [1.165, 1.54) is 0 Å². The summed E-state index contributed by atoms with van der Waals surface area (Å²) in [4.78, 5) is 12.0. The van der Waals surface area contributed by atoms with E-state index in [2.05, 4.69) is 33.0 Å². The lowest BCUT2D eigenvalue weighted by Gasteiger charge is -2.31. The second-order valence-corrected chi connectivity index (χ2v) is 6.11. The minimum atomic E-state index is -1.17. The normalized spacial score (nSPS) is 13.8. The maximum Gasteiger partial charge on any atom is 0.330 e. The van der Waals surface area contributed by atoms with E-state index in [9.17, 15) is 9.90 Å². The average Bonchev–Trinajstić information content (AvgIpc) is 2.89. The lowest BCUT2D eigenvalue weighted by atomic mass is 9.89. The Morgan fingerprint density at radius 2 is 2.14 bits per heavy atom. The maximum absolute atomic E-state index is 12.0. The molecule has 0 saturated heterocycles. The Hall–Kier alpha value is -1.41. The minimum absolute atomic E-state index is 0.245. The van der Waals surface area contributed by atoms with Gasteiger partial charge < -0.3 is 5.11 Å². The van der Waals surface area contributed by atoms with Gasteiger partial charge >= 0.3 is 5.97 Å². The summed E-state index contributed by atoms with van der Waals surface area (Å²) < 4.78 is 2.65. The Morgan fingerprint density at radius 3 is 2.67 bits per heavy atom. The van der Waals surface area contributed by atoms with Crippen LogP contribution in [-0.4, -0.2) is 27.4 Å². The highest BCUT2D eigenvalue weighted by molar-refractivity contribution is 14.1. The third-order valence-electron chi connectivity index (χ3n) is 3.31. The number of nitrogens with one attached hydrogen (secondary N) is 1. The van der Waals surface area contributed by atoms with Gasteiger partial charge in [0, 0.05) is 6.20 Å². The monoisotopic (exact) mass is 399 g/mol. The van der Waals surface area contributed by atoms with Crippen LogP contribution in [0.5, 0.6) is 0 Å². The molecule has 2 aromatic rings. The summed E-state index contributed by atoms with van der Waals surface area (Å²) in [7, 11) is 0. The van der Waals surface area contributed by atoms with Gasteiger partial charge in [-0.1, -0.05) is 37.3 Å². The molecular formula is C15H18IN3O2. The van der Waals surface area contributed by atoms with Gasteiger partial charge in [0.25, 0.3) is 0 Å². The molecule has 1 heterocycles. The lowest BCUT2D eigenvalue weighted by Crippen LogP contribution is -2.52. The third kappa shape index (κ3) is 3.62. The molecule has 0 bridgehead atoms. The molecule has 1 atom stereocenters. The van der Waals surface area contributed by atoms with Crippen molar-refractivity contribution >= 4 is 28.6 Å². The highest BCUT2D eigenvalue weighted by Crippen LogP contribution is 2.24. The van der Waals surface area contributed by atoms with Crippen LogP contribution in [0.2, 0.25) is 0 Å². The zero-order valence-electron chi connectivity index (χ0n) is 11.8. The fourth-order valence-corrected chi connectivity index (χ4v) is 2.69. The van der Waals surface area contributed by atoms with Crippen LogP contribution in [0.25, 0.3) is 0 Å². The Morgan fingerprint density at radius 1 is 1.43 bits per heavy atom. The number of hydrogen-bond donors (Lipinski definition) is 2. The van der Waals surface area contributed by atoms with Crippen molar-refractivity contribution < 1.29 is 9.90 Å². The van der Waals surface area contributed by atoms with Gasteiger partial charge in [-0.3, -0.25) is 10.00 Å². The maximum atomic E-state index is 12.0. The van der Waals surface area contributed by atoms with E-state index in [1.54, 1.807) is 10.9 Å². The number of halogens is 1. The predicted molar refractivity (Wildman–Crippen MR) is 89.0 cm³/mol. The molecule has 0 spiro atoms. The molecule has 21 heavy (non-hydrogen) atoms. The average molecular weight is 399 g/mol. The van der Waals surface area contributed by atoms with E-state index >= 15 is 0 Å². The first-order chi connectivity index (χ1) is 10.1. The van der Waals surface area contributed by atoms with Crippen molar-refractivity contribution in [1.82, 2.24) is 15.1 Å². The number of carboxylic acids is 1. The van der Waals surface area contributed by atoms with Gasteiger partial charge in [-0.2, -0.15) is 5.10 Å². The molecule has 0 aliphatic rings. The molecule has 0 fully saturated rings. The van der Waals surface area contributed by atoms with Crippen molar-refractivity contribution in [3.63, 3.8) is 0 Å². The second kappa shape index (κ2) is 7.04. The molecule has 0 aliphatic heterocycles. The first-order valence-electron chi connectivity index (χ1n) is 6.80. The number of nitrogens with zero attached hydrogens (tertiary/aromatic N) is 2. The summed E-state index contributed by atoms with van der Waals surface area (Å²) in [5.74, 6) is -0.896. The molecule has 0 amide bonds. The Labute approximate surface area is 137 Å². The smallest absolute Gasteiger partial charge is 0.330 e. The number of benzene rings is 1.